The average molecular weight is 396 g/mol. The quantitative estimate of drug-likeness (QED) is 0.729. The van der Waals surface area contributed by atoms with Crippen LogP contribution in [-0.2, 0) is 14.3 Å². The topological polar surface area (TPSA) is 66.9 Å². The number of halogens is 1. The fourth-order valence-electron chi connectivity index (χ4n) is 3.83. The van der Waals surface area contributed by atoms with Crippen molar-refractivity contribution in [3.05, 3.63) is 66.0 Å². The highest BCUT2D eigenvalue weighted by molar-refractivity contribution is 6.23. The van der Waals surface area contributed by atoms with Crippen molar-refractivity contribution >= 4 is 23.4 Å². The van der Waals surface area contributed by atoms with E-state index in [0.717, 1.165) is 17.7 Å². The van der Waals surface area contributed by atoms with Crippen LogP contribution in [0, 0.1) is 5.82 Å². The Bertz CT molecular complexity index is 910. The lowest BCUT2D eigenvalue weighted by molar-refractivity contribution is -0.122. The second-order valence-electron chi connectivity index (χ2n) is 7.22. The van der Waals surface area contributed by atoms with Crippen molar-refractivity contribution in [1.29, 1.82) is 0 Å². The summed E-state index contributed by atoms with van der Waals surface area (Å²) in [4.78, 5) is 41.5. The third kappa shape index (κ3) is 3.91. The van der Waals surface area contributed by atoms with Gasteiger partial charge in [0.2, 0.25) is 5.91 Å². The summed E-state index contributed by atoms with van der Waals surface area (Å²) in [6.07, 6.45) is 1.39. The molecule has 2 aliphatic heterocycles. The van der Waals surface area contributed by atoms with Gasteiger partial charge in [0.15, 0.2) is 0 Å². The zero-order chi connectivity index (χ0) is 20.4. The Morgan fingerprint density at radius 1 is 1.10 bits per heavy atom. The molecule has 7 heteroatoms. The lowest BCUT2D eigenvalue weighted by Gasteiger charge is -2.30. The number of nitrogens with zero attached hydrogens (tertiary/aromatic N) is 2. The number of benzene rings is 2. The smallest absolute Gasteiger partial charge is 0.257 e. The molecule has 6 nitrogen and oxygen atoms in total. The first-order valence-electron chi connectivity index (χ1n) is 9.64. The molecule has 2 heterocycles. The van der Waals surface area contributed by atoms with Crippen LogP contribution >= 0.6 is 0 Å². The number of anilines is 1. The van der Waals surface area contributed by atoms with E-state index in [1.807, 2.05) is 0 Å². The molecule has 4 rings (SSSR count). The molecule has 2 unspecified atom stereocenters. The normalized spacial score (nSPS) is 21.6. The molecule has 2 fully saturated rings. The van der Waals surface area contributed by atoms with E-state index < -0.39 is 23.7 Å². The third-order valence-corrected chi connectivity index (χ3v) is 5.29. The van der Waals surface area contributed by atoms with Gasteiger partial charge in [0.1, 0.15) is 11.9 Å². The molecule has 2 aliphatic rings. The molecule has 2 aromatic carbocycles. The number of carbonyl (C=O) groups is 3. The highest BCUT2D eigenvalue weighted by Gasteiger charge is 2.45. The van der Waals surface area contributed by atoms with Crippen LogP contribution in [0.1, 0.15) is 29.6 Å². The van der Waals surface area contributed by atoms with Crippen molar-refractivity contribution < 1.29 is 23.5 Å². The summed E-state index contributed by atoms with van der Waals surface area (Å²) in [5.74, 6) is -1.65. The van der Waals surface area contributed by atoms with E-state index in [4.69, 9.17) is 4.74 Å². The van der Waals surface area contributed by atoms with Crippen molar-refractivity contribution in [2.24, 2.45) is 0 Å². The third-order valence-electron chi connectivity index (χ3n) is 5.29. The van der Waals surface area contributed by atoms with Gasteiger partial charge >= 0.3 is 0 Å². The Hall–Kier alpha value is -3.06. The second kappa shape index (κ2) is 8.13. The minimum absolute atomic E-state index is 0.0899. The first-order chi connectivity index (χ1) is 14.0. The standard InChI is InChI=1S/C22H21FN2O4/c23-16-10-8-15(9-11-16)21(27)24(14-18-7-4-12-29-18)19-13-20(26)25(22(19)28)17-5-2-1-3-6-17/h1-3,5-6,8-11,18-19H,4,7,12-14H2. The van der Waals surface area contributed by atoms with Crippen LogP contribution in [0.25, 0.3) is 0 Å². The molecule has 0 aromatic heterocycles. The molecule has 2 atom stereocenters. The molecular formula is C22H21FN2O4. The zero-order valence-electron chi connectivity index (χ0n) is 15.8. The van der Waals surface area contributed by atoms with Gasteiger partial charge in [0.05, 0.1) is 18.2 Å². The Labute approximate surface area is 167 Å². The maximum Gasteiger partial charge on any atom is 0.257 e. The van der Waals surface area contributed by atoms with Crippen LogP contribution in [0.4, 0.5) is 10.1 Å². The molecule has 0 N–H and O–H groups in total. The maximum atomic E-state index is 13.3. The Kier molecular flexibility index (Phi) is 5.40. The number of para-hydroxylation sites is 1. The molecule has 0 aliphatic carbocycles. The summed E-state index contributed by atoms with van der Waals surface area (Å²) in [5, 5.41) is 0. The summed E-state index contributed by atoms with van der Waals surface area (Å²) < 4.78 is 18.9. The van der Waals surface area contributed by atoms with Gasteiger partial charge in [-0.25, -0.2) is 9.29 Å². The number of carbonyl (C=O) groups excluding carboxylic acids is 3. The van der Waals surface area contributed by atoms with Crippen LogP contribution in [0.3, 0.4) is 0 Å². The van der Waals surface area contributed by atoms with E-state index in [1.54, 1.807) is 30.3 Å². The maximum absolute atomic E-state index is 13.3. The molecule has 2 aromatic rings. The highest BCUT2D eigenvalue weighted by atomic mass is 19.1. The van der Waals surface area contributed by atoms with Crippen molar-refractivity contribution in [3.8, 4) is 0 Å². The summed E-state index contributed by atoms with van der Waals surface area (Å²) in [6.45, 7) is 0.819. The van der Waals surface area contributed by atoms with Crippen LogP contribution in [0.15, 0.2) is 54.6 Å². The van der Waals surface area contributed by atoms with E-state index in [0.29, 0.717) is 12.3 Å². The first-order valence-corrected chi connectivity index (χ1v) is 9.64. The minimum Gasteiger partial charge on any atom is -0.376 e. The van der Waals surface area contributed by atoms with Crippen molar-refractivity contribution in [3.63, 3.8) is 0 Å². The van der Waals surface area contributed by atoms with E-state index in [9.17, 15) is 18.8 Å². The predicted octanol–water partition coefficient (Wildman–Crippen LogP) is 2.78. The second-order valence-corrected chi connectivity index (χ2v) is 7.22. The fourth-order valence-corrected chi connectivity index (χ4v) is 3.83. The van der Waals surface area contributed by atoms with Gasteiger partial charge in [-0.1, -0.05) is 18.2 Å². The molecule has 3 amide bonds. The lowest BCUT2D eigenvalue weighted by atomic mass is 10.1. The van der Waals surface area contributed by atoms with E-state index in [-0.39, 0.29) is 30.5 Å². The van der Waals surface area contributed by atoms with Crippen LogP contribution in [-0.4, -0.2) is 47.9 Å². The van der Waals surface area contributed by atoms with E-state index in [2.05, 4.69) is 0 Å². The SMILES string of the molecule is O=C1CC(N(CC2CCCO2)C(=O)c2ccc(F)cc2)C(=O)N1c1ccccc1. The van der Waals surface area contributed by atoms with E-state index in [1.165, 1.54) is 29.2 Å². The van der Waals surface area contributed by atoms with Gasteiger partial charge in [-0.15, -0.1) is 0 Å². The highest BCUT2D eigenvalue weighted by Crippen LogP contribution is 2.28. The molecule has 0 bridgehead atoms. The summed E-state index contributed by atoms with van der Waals surface area (Å²) in [7, 11) is 0. The molecule has 2 saturated heterocycles. The van der Waals surface area contributed by atoms with Crippen molar-refractivity contribution in [2.45, 2.75) is 31.4 Å². The Morgan fingerprint density at radius 3 is 2.48 bits per heavy atom. The minimum atomic E-state index is -0.913. The molecule has 29 heavy (non-hydrogen) atoms. The van der Waals surface area contributed by atoms with Crippen LogP contribution < -0.4 is 4.90 Å². The molecule has 0 spiro atoms. The molecule has 150 valence electrons. The van der Waals surface area contributed by atoms with Gasteiger partial charge in [0, 0.05) is 18.7 Å². The largest absolute Gasteiger partial charge is 0.376 e. The summed E-state index contributed by atoms with van der Waals surface area (Å²) >= 11 is 0. The van der Waals surface area contributed by atoms with Crippen molar-refractivity contribution in [1.82, 2.24) is 4.90 Å². The molecular weight excluding hydrogens is 375 g/mol. The number of imide groups is 1. The number of amides is 3. The van der Waals surface area contributed by atoms with Gasteiger partial charge in [-0.2, -0.15) is 0 Å². The monoisotopic (exact) mass is 396 g/mol. The summed E-state index contributed by atoms with van der Waals surface area (Å²) in [5.41, 5.74) is 0.749. The fraction of sp³-hybridized carbons (Fsp3) is 0.318. The van der Waals surface area contributed by atoms with Crippen LogP contribution in [0.5, 0.6) is 0 Å². The van der Waals surface area contributed by atoms with Gasteiger partial charge in [0.25, 0.3) is 11.8 Å². The van der Waals surface area contributed by atoms with Gasteiger partial charge < -0.3 is 9.64 Å². The molecule has 0 saturated carbocycles. The molecule has 0 radical (unpaired) electrons. The van der Waals surface area contributed by atoms with Gasteiger partial charge in [-0.05, 0) is 49.2 Å². The van der Waals surface area contributed by atoms with E-state index >= 15 is 0 Å². The summed E-state index contributed by atoms with van der Waals surface area (Å²) in [6, 6.07) is 12.9. The lowest BCUT2D eigenvalue weighted by Crippen LogP contribution is -2.48. The number of ether oxygens (including phenoxy) is 1. The Morgan fingerprint density at radius 2 is 1.83 bits per heavy atom. The predicted molar refractivity (Wildman–Crippen MR) is 104 cm³/mol. The first kappa shape index (κ1) is 19.3. The number of rotatable bonds is 5. The number of hydrogen-bond acceptors (Lipinski definition) is 4. The Balaban J connectivity index is 1.63. The number of hydrogen-bond donors (Lipinski definition) is 0. The zero-order valence-corrected chi connectivity index (χ0v) is 15.8. The van der Waals surface area contributed by atoms with Gasteiger partial charge in [-0.3, -0.25) is 14.4 Å². The average Bonchev–Trinajstić information content (AvgIpc) is 3.34. The van der Waals surface area contributed by atoms with Crippen molar-refractivity contribution in [2.75, 3.05) is 18.1 Å². The van der Waals surface area contributed by atoms with Crippen LogP contribution in [0.2, 0.25) is 0 Å².